The summed E-state index contributed by atoms with van der Waals surface area (Å²) in [5.41, 5.74) is 0.871. The van der Waals surface area contributed by atoms with Crippen LogP contribution in [0.5, 0.6) is 0 Å². The van der Waals surface area contributed by atoms with Crippen LogP contribution in [-0.4, -0.2) is 31.0 Å². The molecule has 0 spiro atoms. The third-order valence-corrected chi connectivity index (χ3v) is 4.62. The molecule has 1 amide bonds. The SMILES string of the molecule is CCOP(=O)(OCC)c1cccc(CCNC(=O)O)c1. The van der Waals surface area contributed by atoms with Crippen molar-refractivity contribution >= 4 is 19.0 Å². The molecule has 0 saturated carbocycles. The zero-order chi connectivity index (χ0) is 15.0. The Morgan fingerprint density at radius 2 is 1.95 bits per heavy atom. The van der Waals surface area contributed by atoms with E-state index < -0.39 is 13.7 Å². The van der Waals surface area contributed by atoms with E-state index in [0.717, 1.165) is 5.56 Å². The summed E-state index contributed by atoms with van der Waals surface area (Å²) in [5, 5.41) is 11.3. The Balaban J connectivity index is 2.84. The van der Waals surface area contributed by atoms with Gasteiger partial charge < -0.3 is 19.5 Å². The van der Waals surface area contributed by atoms with Crippen LogP contribution >= 0.6 is 7.60 Å². The minimum Gasteiger partial charge on any atom is -0.465 e. The molecule has 112 valence electrons. The van der Waals surface area contributed by atoms with Crippen LogP contribution in [0.25, 0.3) is 0 Å². The Labute approximate surface area is 118 Å². The minimum absolute atomic E-state index is 0.294. The number of hydrogen-bond acceptors (Lipinski definition) is 4. The molecule has 0 aromatic heterocycles. The molecule has 1 rings (SSSR count). The first-order valence-corrected chi connectivity index (χ1v) is 8.01. The van der Waals surface area contributed by atoms with Crippen molar-refractivity contribution in [3.8, 4) is 0 Å². The second kappa shape index (κ2) is 8.04. The summed E-state index contributed by atoms with van der Waals surface area (Å²) < 4.78 is 23.1. The fourth-order valence-corrected chi connectivity index (χ4v) is 3.37. The lowest BCUT2D eigenvalue weighted by atomic mass is 10.1. The molecule has 0 saturated heterocycles. The van der Waals surface area contributed by atoms with Gasteiger partial charge >= 0.3 is 13.7 Å². The summed E-state index contributed by atoms with van der Waals surface area (Å²) in [6.45, 7) is 4.40. The normalized spacial score (nSPS) is 11.3. The highest BCUT2D eigenvalue weighted by Gasteiger charge is 2.26. The number of amides is 1. The van der Waals surface area contributed by atoms with Crippen LogP contribution in [0.1, 0.15) is 19.4 Å². The molecule has 0 bridgehead atoms. The summed E-state index contributed by atoms with van der Waals surface area (Å²) in [7, 11) is -3.29. The number of carbonyl (C=O) groups is 1. The van der Waals surface area contributed by atoms with E-state index in [9.17, 15) is 9.36 Å². The predicted octanol–water partition coefficient (Wildman–Crippen LogP) is 2.39. The van der Waals surface area contributed by atoms with E-state index in [1.807, 2.05) is 6.07 Å². The van der Waals surface area contributed by atoms with Crippen LogP contribution in [0.4, 0.5) is 4.79 Å². The van der Waals surface area contributed by atoms with E-state index in [0.29, 0.717) is 31.5 Å². The molecule has 0 fully saturated rings. The highest BCUT2D eigenvalue weighted by Crippen LogP contribution is 2.46. The monoisotopic (exact) mass is 301 g/mol. The fraction of sp³-hybridized carbons (Fsp3) is 0.462. The molecule has 0 aliphatic rings. The molecule has 0 radical (unpaired) electrons. The first kappa shape index (κ1) is 16.7. The summed E-state index contributed by atoms with van der Waals surface area (Å²) in [5.74, 6) is 0. The van der Waals surface area contributed by atoms with Gasteiger partial charge in [0.15, 0.2) is 0 Å². The Bertz CT molecular complexity index is 481. The number of hydrogen-bond donors (Lipinski definition) is 2. The van der Waals surface area contributed by atoms with Gasteiger partial charge in [-0.1, -0.05) is 12.1 Å². The number of benzene rings is 1. The molecular weight excluding hydrogens is 281 g/mol. The van der Waals surface area contributed by atoms with Crippen molar-refractivity contribution in [2.24, 2.45) is 0 Å². The van der Waals surface area contributed by atoms with E-state index in [4.69, 9.17) is 14.2 Å². The van der Waals surface area contributed by atoms with Gasteiger partial charge in [0.25, 0.3) is 0 Å². The van der Waals surface area contributed by atoms with Gasteiger partial charge in [0.05, 0.1) is 18.5 Å². The number of rotatable bonds is 8. The highest BCUT2D eigenvalue weighted by atomic mass is 31.2. The molecule has 7 heteroatoms. The maximum Gasteiger partial charge on any atom is 0.404 e. The van der Waals surface area contributed by atoms with E-state index in [1.54, 1.807) is 32.0 Å². The Morgan fingerprint density at radius 3 is 2.50 bits per heavy atom. The predicted molar refractivity (Wildman–Crippen MR) is 76.7 cm³/mol. The largest absolute Gasteiger partial charge is 0.465 e. The zero-order valence-corrected chi connectivity index (χ0v) is 12.6. The lowest BCUT2D eigenvalue weighted by molar-refractivity contribution is 0.194. The van der Waals surface area contributed by atoms with Gasteiger partial charge in [0.2, 0.25) is 0 Å². The van der Waals surface area contributed by atoms with Crippen molar-refractivity contribution in [3.05, 3.63) is 29.8 Å². The maximum absolute atomic E-state index is 12.6. The van der Waals surface area contributed by atoms with Crippen molar-refractivity contribution in [1.29, 1.82) is 0 Å². The molecule has 1 aromatic carbocycles. The maximum atomic E-state index is 12.6. The van der Waals surface area contributed by atoms with Crippen molar-refractivity contribution in [3.63, 3.8) is 0 Å². The first-order valence-electron chi connectivity index (χ1n) is 6.47. The van der Waals surface area contributed by atoms with Crippen molar-refractivity contribution in [2.75, 3.05) is 19.8 Å². The van der Waals surface area contributed by atoms with Crippen LogP contribution in [0.15, 0.2) is 24.3 Å². The molecular formula is C13H20NO5P. The highest BCUT2D eigenvalue weighted by molar-refractivity contribution is 7.62. The van der Waals surface area contributed by atoms with Crippen LogP contribution in [-0.2, 0) is 20.0 Å². The molecule has 0 atom stereocenters. The fourth-order valence-electron chi connectivity index (χ4n) is 1.72. The minimum atomic E-state index is -3.29. The van der Waals surface area contributed by atoms with E-state index in [-0.39, 0.29) is 0 Å². The van der Waals surface area contributed by atoms with Crippen molar-refractivity contribution in [2.45, 2.75) is 20.3 Å². The second-order valence-corrected chi connectivity index (χ2v) is 6.01. The number of carboxylic acid groups (broad SMARTS) is 1. The van der Waals surface area contributed by atoms with E-state index >= 15 is 0 Å². The lowest BCUT2D eigenvalue weighted by Gasteiger charge is -2.17. The summed E-state index contributed by atoms with van der Waals surface area (Å²) in [4.78, 5) is 10.4. The lowest BCUT2D eigenvalue weighted by Crippen LogP contribution is -2.23. The molecule has 0 aliphatic carbocycles. The molecule has 0 heterocycles. The molecule has 6 nitrogen and oxygen atoms in total. The van der Waals surface area contributed by atoms with Crippen molar-refractivity contribution < 1.29 is 23.5 Å². The third-order valence-electron chi connectivity index (χ3n) is 2.51. The Morgan fingerprint density at radius 1 is 1.30 bits per heavy atom. The van der Waals surface area contributed by atoms with Crippen LogP contribution in [0.3, 0.4) is 0 Å². The summed E-state index contributed by atoms with van der Waals surface area (Å²) in [6.07, 6.45) is -0.547. The zero-order valence-electron chi connectivity index (χ0n) is 11.7. The average molecular weight is 301 g/mol. The Kier molecular flexibility index (Phi) is 6.71. The Hall–Kier alpha value is -1.36. The van der Waals surface area contributed by atoms with Gasteiger partial charge in [-0.05, 0) is 38.0 Å². The number of nitrogens with one attached hydrogen (secondary N) is 1. The molecule has 0 unspecified atom stereocenters. The van der Waals surface area contributed by atoms with Gasteiger partial charge in [0.1, 0.15) is 0 Å². The molecule has 20 heavy (non-hydrogen) atoms. The molecule has 0 aliphatic heterocycles. The van der Waals surface area contributed by atoms with Gasteiger partial charge in [-0.25, -0.2) is 4.79 Å². The van der Waals surface area contributed by atoms with Gasteiger partial charge in [-0.3, -0.25) is 4.57 Å². The molecule has 1 aromatic rings. The smallest absolute Gasteiger partial charge is 0.404 e. The second-order valence-electron chi connectivity index (χ2n) is 3.98. The van der Waals surface area contributed by atoms with Crippen LogP contribution < -0.4 is 10.6 Å². The van der Waals surface area contributed by atoms with Crippen LogP contribution in [0.2, 0.25) is 0 Å². The average Bonchev–Trinajstić information content (AvgIpc) is 2.39. The quantitative estimate of drug-likeness (QED) is 0.720. The summed E-state index contributed by atoms with van der Waals surface area (Å²) in [6, 6.07) is 7.03. The third kappa shape index (κ3) is 4.96. The standard InChI is InChI=1S/C13H20NO5P/c1-3-18-20(17,19-4-2)12-7-5-6-11(10-12)8-9-14-13(15)16/h5-7,10,14H,3-4,8-9H2,1-2H3,(H,15,16). The van der Waals surface area contributed by atoms with Gasteiger partial charge in [-0.15, -0.1) is 0 Å². The topological polar surface area (TPSA) is 84.9 Å². The van der Waals surface area contributed by atoms with Crippen molar-refractivity contribution in [1.82, 2.24) is 5.32 Å². The van der Waals surface area contributed by atoms with E-state index in [1.165, 1.54) is 0 Å². The molecule has 2 N–H and O–H groups in total. The van der Waals surface area contributed by atoms with Gasteiger partial charge in [-0.2, -0.15) is 0 Å². The van der Waals surface area contributed by atoms with Crippen LogP contribution in [0, 0.1) is 0 Å². The van der Waals surface area contributed by atoms with E-state index in [2.05, 4.69) is 5.32 Å². The van der Waals surface area contributed by atoms with Gasteiger partial charge in [0, 0.05) is 6.54 Å². The summed E-state index contributed by atoms with van der Waals surface area (Å²) >= 11 is 0. The first-order chi connectivity index (χ1) is 9.51.